The molecule has 5 nitrogen and oxygen atoms in total. The number of fused-ring (bicyclic) bond motifs is 1. The molecule has 1 amide bonds. The monoisotopic (exact) mass is 416 g/mol. The Hall–Kier alpha value is -3.54. The third-order valence-corrected chi connectivity index (χ3v) is 5.53. The molecule has 2 aromatic heterocycles. The number of nitrogens with zero attached hydrogens (tertiary/aromatic N) is 3. The molecule has 6 heteroatoms. The fourth-order valence-electron chi connectivity index (χ4n) is 4.07. The molecule has 0 aliphatic rings. The van der Waals surface area contributed by atoms with Crippen LogP contribution in [0.5, 0.6) is 0 Å². The molecule has 0 radical (unpaired) electrons. The van der Waals surface area contributed by atoms with Crippen LogP contribution in [0.15, 0.2) is 54.7 Å². The normalized spacial score (nSPS) is 12.2. The van der Waals surface area contributed by atoms with E-state index in [9.17, 15) is 9.18 Å². The molecule has 4 rings (SSSR count). The zero-order valence-corrected chi connectivity index (χ0v) is 18.1. The Labute approximate surface area is 180 Å². The molecule has 4 aromatic rings. The topological polar surface area (TPSA) is 59.8 Å². The maximum Gasteiger partial charge on any atom is 0.242 e. The highest BCUT2D eigenvalue weighted by atomic mass is 19.1. The number of aromatic nitrogens is 3. The number of carbonyl (C=O) groups excluding carboxylic acids is 1. The summed E-state index contributed by atoms with van der Waals surface area (Å²) < 4.78 is 15.0. The van der Waals surface area contributed by atoms with Crippen molar-refractivity contribution in [1.29, 1.82) is 0 Å². The van der Waals surface area contributed by atoms with Gasteiger partial charge in [0.1, 0.15) is 12.4 Å². The molecule has 0 bridgehead atoms. The second-order valence-corrected chi connectivity index (χ2v) is 7.96. The van der Waals surface area contributed by atoms with Crippen LogP contribution in [-0.4, -0.2) is 20.7 Å². The van der Waals surface area contributed by atoms with Gasteiger partial charge in [-0.25, -0.2) is 14.1 Å². The molecular formula is C25H25FN4O. The van der Waals surface area contributed by atoms with Crippen LogP contribution in [0.4, 0.5) is 4.39 Å². The standard InChI is InChI=1S/C25H25FN4O/c1-15-5-10-21(16(2)13-15)17(3)28-23(31)14-30-25-24(18(4)29-30)22(11-12-27-25)19-6-8-20(26)9-7-19/h5-13,17H,14H2,1-4H3,(H,28,31). The number of amides is 1. The van der Waals surface area contributed by atoms with Gasteiger partial charge in [0.2, 0.25) is 5.91 Å². The average molecular weight is 417 g/mol. The number of rotatable bonds is 5. The highest BCUT2D eigenvalue weighted by Gasteiger charge is 2.17. The molecule has 0 aliphatic heterocycles. The van der Waals surface area contributed by atoms with Gasteiger partial charge in [-0.05, 0) is 68.1 Å². The Morgan fingerprint density at radius 2 is 1.84 bits per heavy atom. The summed E-state index contributed by atoms with van der Waals surface area (Å²) in [6.45, 7) is 8.05. The number of benzene rings is 2. The fraction of sp³-hybridized carbons (Fsp3) is 0.240. The first-order chi connectivity index (χ1) is 14.8. The van der Waals surface area contributed by atoms with E-state index in [0.717, 1.165) is 33.3 Å². The predicted octanol–water partition coefficient (Wildman–Crippen LogP) is 5.04. The van der Waals surface area contributed by atoms with Gasteiger partial charge in [0, 0.05) is 11.6 Å². The molecule has 0 saturated heterocycles. The van der Waals surface area contributed by atoms with E-state index in [4.69, 9.17) is 0 Å². The SMILES string of the molecule is Cc1ccc(C(C)NC(=O)Cn2nc(C)c3c(-c4ccc(F)cc4)ccnc32)c(C)c1. The Morgan fingerprint density at radius 1 is 1.10 bits per heavy atom. The lowest BCUT2D eigenvalue weighted by molar-refractivity contribution is -0.122. The summed E-state index contributed by atoms with van der Waals surface area (Å²) in [7, 11) is 0. The van der Waals surface area contributed by atoms with Crippen molar-refractivity contribution in [1.82, 2.24) is 20.1 Å². The van der Waals surface area contributed by atoms with Crippen molar-refractivity contribution in [2.45, 2.75) is 40.3 Å². The maximum atomic E-state index is 13.3. The molecule has 1 unspecified atom stereocenters. The minimum absolute atomic E-state index is 0.0689. The summed E-state index contributed by atoms with van der Waals surface area (Å²) in [4.78, 5) is 17.2. The number of carbonyl (C=O) groups is 1. The van der Waals surface area contributed by atoms with E-state index in [2.05, 4.69) is 47.4 Å². The first-order valence-corrected chi connectivity index (χ1v) is 10.3. The van der Waals surface area contributed by atoms with E-state index in [1.165, 1.54) is 17.7 Å². The highest BCUT2D eigenvalue weighted by Crippen LogP contribution is 2.30. The van der Waals surface area contributed by atoms with Crippen LogP contribution in [0.1, 0.15) is 35.3 Å². The van der Waals surface area contributed by atoms with E-state index >= 15 is 0 Å². The summed E-state index contributed by atoms with van der Waals surface area (Å²) in [6, 6.07) is 14.3. The third-order valence-electron chi connectivity index (χ3n) is 5.53. The van der Waals surface area contributed by atoms with E-state index in [1.807, 2.05) is 19.9 Å². The molecule has 2 heterocycles. The molecule has 158 valence electrons. The van der Waals surface area contributed by atoms with Gasteiger partial charge in [-0.1, -0.05) is 35.9 Å². The van der Waals surface area contributed by atoms with Gasteiger partial charge in [0.05, 0.1) is 11.7 Å². The lowest BCUT2D eigenvalue weighted by atomic mass is 10.0. The van der Waals surface area contributed by atoms with E-state index in [-0.39, 0.29) is 24.3 Å². The third kappa shape index (κ3) is 4.19. The van der Waals surface area contributed by atoms with Crippen LogP contribution in [0.25, 0.3) is 22.2 Å². The zero-order valence-electron chi connectivity index (χ0n) is 18.1. The van der Waals surface area contributed by atoms with E-state index in [0.29, 0.717) is 5.65 Å². The van der Waals surface area contributed by atoms with Crippen LogP contribution >= 0.6 is 0 Å². The lowest BCUT2D eigenvalue weighted by Gasteiger charge is -2.17. The molecule has 1 atom stereocenters. The first-order valence-electron chi connectivity index (χ1n) is 10.3. The number of aryl methyl sites for hydroxylation is 3. The number of halogens is 1. The van der Waals surface area contributed by atoms with Crippen molar-refractivity contribution >= 4 is 16.9 Å². The van der Waals surface area contributed by atoms with Gasteiger partial charge in [0.25, 0.3) is 0 Å². The quantitative estimate of drug-likeness (QED) is 0.496. The minimum Gasteiger partial charge on any atom is -0.348 e. The number of nitrogens with one attached hydrogen (secondary N) is 1. The molecule has 0 aliphatic carbocycles. The van der Waals surface area contributed by atoms with Crippen molar-refractivity contribution in [3.8, 4) is 11.1 Å². The van der Waals surface area contributed by atoms with Crippen LogP contribution in [-0.2, 0) is 11.3 Å². The van der Waals surface area contributed by atoms with Crippen LogP contribution in [0.2, 0.25) is 0 Å². The van der Waals surface area contributed by atoms with E-state index in [1.54, 1.807) is 23.0 Å². The minimum atomic E-state index is -0.281. The van der Waals surface area contributed by atoms with Crippen molar-refractivity contribution in [3.63, 3.8) is 0 Å². The Bertz CT molecular complexity index is 1260. The van der Waals surface area contributed by atoms with Crippen molar-refractivity contribution in [2.75, 3.05) is 0 Å². The van der Waals surface area contributed by atoms with Gasteiger partial charge in [-0.3, -0.25) is 4.79 Å². The van der Waals surface area contributed by atoms with Crippen molar-refractivity contribution in [3.05, 3.63) is 82.9 Å². The molecular weight excluding hydrogens is 391 g/mol. The molecule has 1 N–H and O–H groups in total. The van der Waals surface area contributed by atoms with E-state index < -0.39 is 0 Å². The predicted molar refractivity (Wildman–Crippen MR) is 120 cm³/mol. The molecule has 0 fully saturated rings. The fourth-order valence-corrected chi connectivity index (χ4v) is 4.07. The van der Waals surface area contributed by atoms with Gasteiger partial charge < -0.3 is 5.32 Å². The largest absolute Gasteiger partial charge is 0.348 e. The van der Waals surface area contributed by atoms with Crippen LogP contribution < -0.4 is 5.32 Å². The smallest absolute Gasteiger partial charge is 0.242 e. The number of hydrogen-bond donors (Lipinski definition) is 1. The number of hydrogen-bond acceptors (Lipinski definition) is 3. The van der Waals surface area contributed by atoms with Gasteiger partial charge in [-0.15, -0.1) is 0 Å². The summed E-state index contributed by atoms with van der Waals surface area (Å²) in [5, 5.41) is 8.49. The Kier molecular flexibility index (Phi) is 5.55. The summed E-state index contributed by atoms with van der Waals surface area (Å²) >= 11 is 0. The van der Waals surface area contributed by atoms with Gasteiger partial charge >= 0.3 is 0 Å². The molecule has 0 saturated carbocycles. The molecule has 31 heavy (non-hydrogen) atoms. The molecule has 2 aromatic carbocycles. The maximum absolute atomic E-state index is 13.3. The van der Waals surface area contributed by atoms with Crippen molar-refractivity contribution in [2.24, 2.45) is 0 Å². The van der Waals surface area contributed by atoms with Crippen molar-refractivity contribution < 1.29 is 9.18 Å². The number of pyridine rings is 1. The summed E-state index contributed by atoms with van der Waals surface area (Å²) in [5.41, 5.74) is 6.64. The zero-order chi connectivity index (χ0) is 22.1. The first kappa shape index (κ1) is 20.7. The Morgan fingerprint density at radius 3 is 2.55 bits per heavy atom. The lowest BCUT2D eigenvalue weighted by Crippen LogP contribution is -2.30. The second-order valence-electron chi connectivity index (χ2n) is 7.96. The van der Waals surface area contributed by atoms with Gasteiger partial charge in [-0.2, -0.15) is 5.10 Å². The summed E-state index contributed by atoms with van der Waals surface area (Å²) in [5.74, 6) is -0.415. The summed E-state index contributed by atoms with van der Waals surface area (Å²) in [6.07, 6.45) is 1.69. The average Bonchev–Trinajstić information content (AvgIpc) is 3.04. The highest BCUT2D eigenvalue weighted by molar-refractivity contribution is 5.95. The van der Waals surface area contributed by atoms with Crippen LogP contribution in [0.3, 0.4) is 0 Å². The Balaban J connectivity index is 1.59. The van der Waals surface area contributed by atoms with Crippen LogP contribution in [0, 0.1) is 26.6 Å². The van der Waals surface area contributed by atoms with Gasteiger partial charge in [0.15, 0.2) is 5.65 Å². The molecule has 0 spiro atoms. The second kappa shape index (κ2) is 8.30.